The Morgan fingerprint density at radius 1 is 1.67 bits per heavy atom. The van der Waals surface area contributed by atoms with Gasteiger partial charge in [0, 0.05) is 0 Å². The highest BCUT2D eigenvalue weighted by Gasteiger charge is 2.10. The molecule has 9 heavy (non-hydrogen) atoms. The van der Waals surface area contributed by atoms with Gasteiger partial charge in [0.25, 0.3) is 0 Å². The molecule has 0 rings (SSSR count). The van der Waals surface area contributed by atoms with Crippen molar-refractivity contribution in [2.45, 2.75) is 26.3 Å². The van der Waals surface area contributed by atoms with Gasteiger partial charge in [-0.05, 0) is 13.3 Å². The third kappa shape index (κ3) is 3.08. The Morgan fingerprint density at radius 3 is 2.56 bits per heavy atom. The molecule has 0 spiro atoms. The summed E-state index contributed by atoms with van der Waals surface area (Å²) in [5, 5.41) is 0. The SMILES string of the molecule is CCOC(=O)C(N)CC. The summed E-state index contributed by atoms with van der Waals surface area (Å²) in [5.41, 5.74) is 5.33. The summed E-state index contributed by atoms with van der Waals surface area (Å²) in [6, 6.07) is -0.440. The molecule has 0 heterocycles. The van der Waals surface area contributed by atoms with Gasteiger partial charge in [-0.15, -0.1) is 0 Å². The first-order chi connectivity index (χ1) is 4.22. The van der Waals surface area contributed by atoms with E-state index in [9.17, 15) is 4.79 Å². The van der Waals surface area contributed by atoms with Gasteiger partial charge in [0.1, 0.15) is 6.04 Å². The molecule has 54 valence electrons. The van der Waals surface area contributed by atoms with Crippen molar-refractivity contribution in [2.24, 2.45) is 5.73 Å². The van der Waals surface area contributed by atoms with Gasteiger partial charge in [-0.2, -0.15) is 0 Å². The first kappa shape index (κ1) is 8.43. The Labute approximate surface area is 55.2 Å². The highest BCUT2D eigenvalue weighted by Crippen LogP contribution is 1.89. The number of rotatable bonds is 3. The van der Waals surface area contributed by atoms with E-state index in [4.69, 9.17) is 5.73 Å². The lowest BCUT2D eigenvalue weighted by molar-refractivity contribution is -0.144. The van der Waals surface area contributed by atoms with E-state index in [1.807, 2.05) is 6.92 Å². The topological polar surface area (TPSA) is 52.3 Å². The minimum Gasteiger partial charge on any atom is -0.465 e. The van der Waals surface area contributed by atoms with Crippen LogP contribution in [0.5, 0.6) is 0 Å². The van der Waals surface area contributed by atoms with Crippen molar-refractivity contribution in [1.29, 1.82) is 0 Å². The molecule has 0 fully saturated rings. The average Bonchev–Trinajstić information content (AvgIpc) is 1.87. The Morgan fingerprint density at radius 2 is 2.22 bits per heavy atom. The zero-order valence-electron chi connectivity index (χ0n) is 5.89. The highest BCUT2D eigenvalue weighted by molar-refractivity contribution is 5.75. The monoisotopic (exact) mass is 131 g/mol. The van der Waals surface area contributed by atoms with Crippen LogP contribution in [0.1, 0.15) is 20.3 Å². The number of hydrogen-bond donors (Lipinski definition) is 1. The number of nitrogens with two attached hydrogens (primary N) is 1. The van der Waals surface area contributed by atoms with Gasteiger partial charge in [-0.25, -0.2) is 0 Å². The van der Waals surface area contributed by atoms with Gasteiger partial charge in [0.15, 0.2) is 0 Å². The maximum atomic E-state index is 10.6. The molecule has 0 saturated heterocycles. The van der Waals surface area contributed by atoms with E-state index < -0.39 is 6.04 Å². The van der Waals surface area contributed by atoms with Crippen LogP contribution in [0.3, 0.4) is 0 Å². The third-order valence-electron chi connectivity index (χ3n) is 1.03. The summed E-state index contributed by atoms with van der Waals surface area (Å²) in [5.74, 6) is -0.306. The van der Waals surface area contributed by atoms with E-state index in [0.717, 1.165) is 0 Å². The first-order valence-corrected chi connectivity index (χ1v) is 3.14. The van der Waals surface area contributed by atoms with Crippen molar-refractivity contribution in [3.8, 4) is 0 Å². The highest BCUT2D eigenvalue weighted by atomic mass is 16.5. The summed E-state index contributed by atoms with van der Waals surface area (Å²) in [4.78, 5) is 10.6. The zero-order chi connectivity index (χ0) is 7.28. The molecule has 0 amide bonds. The molecule has 0 aromatic rings. The van der Waals surface area contributed by atoms with Gasteiger partial charge >= 0.3 is 5.97 Å². The molecule has 0 aromatic heterocycles. The molecule has 3 nitrogen and oxygen atoms in total. The molecule has 2 N–H and O–H groups in total. The normalized spacial score (nSPS) is 12.8. The lowest BCUT2D eigenvalue weighted by Crippen LogP contribution is -2.31. The van der Waals surface area contributed by atoms with Crippen LogP contribution in [0.4, 0.5) is 0 Å². The van der Waals surface area contributed by atoms with E-state index in [0.29, 0.717) is 13.0 Å². The van der Waals surface area contributed by atoms with Crippen LogP contribution in [-0.2, 0) is 9.53 Å². The molecule has 0 aliphatic rings. The standard InChI is InChI=1S/C6H13NO2/c1-3-5(7)6(8)9-4-2/h5H,3-4,7H2,1-2H3. The molecular weight excluding hydrogens is 118 g/mol. The quantitative estimate of drug-likeness (QED) is 0.560. The number of esters is 1. The molecule has 1 unspecified atom stereocenters. The van der Waals surface area contributed by atoms with Crippen molar-refractivity contribution in [1.82, 2.24) is 0 Å². The Hall–Kier alpha value is -0.570. The molecule has 0 aliphatic carbocycles. The van der Waals surface area contributed by atoms with Crippen molar-refractivity contribution in [3.05, 3.63) is 0 Å². The predicted octanol–water partition coefficient (Wildman–Crippen LogP) is 0.287. The van der Waals surface area contributed by atoms with Crippen molar-refractivity contribution in [3.63, 3.8) is 0 Å². The molecule has 0 saturated carbocycles. The molecule has 3 heteroatoms. The minimum atomic E-state index is -0.440. The van der Waals surface area contributed by atoms with Crippen LogP contribution >= 0.6 is 0 Å². The van der Waals surface area contributed by atoms with Gasteiger partial charge in [0.05, 0.1) is 6.61 Å². The molecule has 0 bridgehead atoms. The van der Waals surface area contributed by atoms with Crippen LogP contribution in [0.25, 0.3) is 0 Å². The fraction of sp³-hybridized carbons (Fsp3) is 0.833. The summed E-state index contributed by atoms with van der Waals surface area (Å²) in [6.45, 7) is 4.02. The minimum absolute atomic E-state index is 0.306. The average molecular weight is 131 g/mol. The van der Waals surface area contributed by atoms with Crippen LogP contribution in [0, 0.1) is 0 Å². The lowest BCUT2D eigenvalue weighted by atomic mass is 10.2. The van der Waals surface area contributed by atoms with Crippen LogP contribution in [-0.4, -0.2) is 18.6 Å². The largest absolute Gasteiger partial charge is 0.465 e. The van der Waals surface area contributed by atoms with Crippen molar-refractivity contribution >= 4 is 5.97 Å². The zero-order valence-corrected chi connectivity index (χ0v) is 5.89. The molecule has 0 aliphatic heterocycles. The molecule has 0 radical (unpaired) electrons. The Bertz CT molecular complexity index is 93.1. The number of carbonyl (C=O) groups excluding carboxylic acids is 1. The fourth-order valence-electron chi connectivity index (χ4n) is 0.416. The Kier molecular flexibility index (Phi) is 4.05. The van der Waals surface area contributed by atoms with Gasteiger partial charge in [-0.1, -0.05) is 6.92 Å². The van der Waals surface area contributed by atoms with Gasteiger partial charge < -0.3 is 10.5 Å². The van der Waals surface area contributed by atoms with Crippen LogP contribution < -0.4 is 5.73 Å². The third-order valence-corrected chi connectivity index (χ3v) is 1.03. The Balaban J connectivity index is 3.46. The molecular formula is C6H13NO2. The van der Waals surface area contributed by atoms with E-state index >= 15 is 0 Å². The van der Waals surface area contributed by atoms with Crippen LogP contribution in [0.2, 0.25) is 0 Å². The smallest absolute Gasteiger partial charge is 0.322 e. The summed E-state index contributed by atoms with van der Waals surface area (Å²) < 4.78 is 4.63. The number of hydrogen-bond acceptors (Lipinski definition) is 3. The summed E-state index contributed by atoms with van der Waals surface area (Å²) >= 11 is 0. The first-order valence-electron chi connectivity index (χ1n) is 3.14. The second-order valence-electron chi connectivity index (χ2n) is 1.77. The molecule has 1 atom stereocenters. The van der Waals surface area contributed by atoms with Gasteiger partial charge in [0.2, 0.25) is 0 Å². The maximum absolute atomic E-state index is 10.6. The van der Waals surface area contributed by atoms with E-state index in [2.05, 4.69) is 4.74 Å². The maximum Gasteiger partial charge on any atom is 0.322 e. The second-order valence-corrected chi connectivity index (χ2v) is 1.77. The number of ether oxygens (including phenoxy) is 1. The fourth-order valence-corrected chi connectivity index (χ4v) is 0.416. The van der Waals surface area contributed by atoms with E-state index in [1.165, 1.54) is 0 Å². The van der Waals surface area contributed by atoms with E-state index in [1.54, 1.807) is 6.92 Å². The van der Waals surface area contributed by atoms with Gasteiger partial charge in [-0.3, -0.25) is 4.79 Å². The molecule has 0 aromatic carbocycles. The summed E-state index contributed by atoms with van der Waals surface area (Å²) in [6.07, 6.45) is 0.638. The van der Waals surface area contributed by atoms with Crippen molar-refractivity contribution < 1.29 is 9.53 Å². The second kappa shape index (κ2) is 4.32. The lowest BCUT2D eigenvalue weighted by Gasteiger charge is -2.05. The number of carbonyl (C=O) groups is 1. The van der Waals surface area contributed by atoms with Crippen molar-refractivity contribution in [2.75, 3.05) is 6.61 Å². The predicted molar refractivity (Wildman–Crippen MR) is 34.9 cm³/mol. The summed E-state index contributed by atoms with van der Waals surface area (Å²) in [7, 11) is 0. The van der Waals surface area contributed by atoms with Crippen LogP contribution in [0.15, 0.2) is 0 Å². The van der Waals surface area contributed by atoms with E-state index in [-0.39, 0.29) is 5.97 Å².